The van der Waals surface area contributed by atoms with Gasteiger partial charge in [0.1, 0.15) is 0 Å². The van der Waals surface area contributed by atoms with Gasteiger partial charge in [0.05, 0.1) is 29.0 Å². The third-order valence-corrected chi connectivity index (χ3v) is 7.95. The monoisotopic (exact) mass is 457 g/mol. The number of carbonyl (C=O) groups is 1. The molecule has 10 heteroatoms. The van der Waals surface area contributed by atoms with Crippen molar-refractivity contribution in [1.82, 2.24) is 20.2 Å². The van der Waals surface area contributed by atoms with Crippen LogP contribution in [0.15, 0.2) is 53.7 Å². The first-order valence-electron chi connectivity index (χ1n) is 9.91. The van der Waals surface area contributed by atoms with E-state index in [1.807, 2.05) is 62.4 Å². The lowest BCUT2D eigenvalue weighted by atomic mass is 10.1. The summed E-state index contributed by atoms with van der Waals surface area (Å²) in [6.07, 6.45) is 0.438. The van der Waals surface area contributed by atoms with Crippen LogP contribution < -0.4 is 4.90 Å². The number of amides is 1. The average Bonchev–Trinajstić information content (AvgIpc) is 3.33. The molecule has 1 saturated heterocycles. The van der Waals surface area contributed by atoms with Crippen LogP contribution >= 0.6 is 11.8 Å². The zero-order valence-electron chi connectivity index (χ0n) is 17.3. The van der Waals surface area contributed by atoms with Crippen molar-refractivity contribution in [1.29, 1.82) is 0 Å². The molecule has 31 heavy (non-hydrogen) atoms. The van der Waals surface area contributed by atoms with Gasteiger partial charge in [-0.3, -0.25) is 4.79 Å². The van der Waals surface area contributed by atoms with Crippen LogP contribution in [0.3, 0.4) is 0 Å². The predicted molar refractivity (Wildman–Crippen MR) is 120 cm³/mol. The molecule has 1 fully saturated rings. The second kappa shape index (κ2) is 8.80. The van der Waals surface area contributed by atoms with Crippen molar-refractivity contribution in [3.63, 3.8) is 0 Å². The zero-order chi connectivity index (χ0) is 22.0. The molecule has 162 valence electrons. The van der Waals surface area contributed by atoms with Crippen molar-refractivity contribution in [2.45, 2.75) is 31.5 Å². The topological polar surface area (TPSA) is 98.1 Å². The van der Waals surface area contributed by atoms with Crippen molar-refractivity contribution in [2.24, 2.45) is 0 Å². The predicted octanol–water partition coefficient (Wildman–Crippen LogP) is 2.59. The molecule has 8 nitrogen and oxygen atoms in total. The van der Waals surface area contributed by atoms with Crippen LogP contribution in [-0.4, -0.2) is 57.8 Å². The summed E-state index contributed by atoms with van der Waals surface area (Å²) in [5.74, 6) is 0.0101. The molecule has 0 aliphatic carbocycles. The van der Waals surface area contributed by atoms with Crippen LogP contribution in [0.5, 0.6) is 0 Å². The molecule has 4 rings (SSSR count). The third-order valence-electron chi connectivity index (χ3n) is 5.29. The van der Waals surface area contributed by atoms with Crippen LogP contribution in [0.2, 0.25) is 0 Å². The molecule has 1 aliphatic rings. The van der Waals surface area contributed by atoms with Crippen molar-refractivity contribution in [3.8, 4) is 5.69 Å². The number of aryl methyl sites for hydroxylation is 2. The van der Waals surface area contributed by atoms with E-state index in [1.54, 1.807) is 9.58 Å². The van der Waals surface area contributed by atoms with E-state index in [0.29, 0.717) is 17.3 Å². The molecule has 1 amide bonds. The fraction of sp³-hybridized carbons (Fsp3) is 0.333. The number of benzene rings is 2. The van der Waals surface area contributed by atoms with Gasteiger partial charge in [0.2, 0.25) is 11.1 Å². The highest BCUT2D eigenvalue weighted by Crippen LogP contribution is 2.28. The number of tetrazole rings is 1. The SMILES string of the molecule is Cc1cccc(C)c1-n1nnnc1SCC(=O)N(c1ccccc1)[C@H]1CCS(=O)(=O)C1. The Morgan fingerprint density at radius 1 is 1.13 bits per heavy atom. The molecule has 0 unspecified atom stereocenters. The van der Waals surface area contributed by atoms with Gasteiger partial charge < -0.3 is 4.90 Å². The maximum atomic E-state index is 13.3. The lowest BCUT2D eigenvalue weighted by molar-refractivity contribution is -0.116. The Bertz CT molecular complexity index is 1170. The summed E-state index contributed by atoms with van der Waals surface area (Å²) in [6.45, 7) is 3.97. The van der Waals surface area contributed by atoms with Crippen molar-refractivity contribution in [3.05, 3.63) is 59.7 Å². The first kappa shape index (κ1) is 21.5. The van der Waals surface area contributed by atoms with Gasteiger partial charge in [-0.25, -0.2) is 8.42 Å². The molecule has 1 aromatic heterocycles. The van der Waals surface area contributed by atoms with Gasteiger partial charge in [0.25, 0.3) is 0 Å². The Labute approximate surface area is 185 Å². The van der Waals surface area contributed by atoms with Gasteiger partial charge >= 0.3 is 0 Å². The minimum Gasteiger partial charge on any atom is -0.308 e. The zero-order valence-corrected chi connectivity index (χ0v) is 18.9. The number of rotatable bonds is 6. The minimum atomic E-state index is -3.13. The van der Waals surface area contributed by atoms with Gasteiger partial charge in [-0.15, -0.1) is 5.10 Å². The summed E-state index contributed by atoms with van der Waals surface area (Å²) < 4.78 is 25.7. The Kier molecular flexibility index (Phi) is 6.10. The number of carbonyl (C=O) groups excluding carboxylic acids is 1. The normalized spacial score (nSPS) is 17.5. The third kappa shape index (κ3) is 4.64. The Morgan fingerprint density at radius 3 is 2.48 bits per heavy atom. The number of hydrogen-bond acceptors (Lipinski definition) is 7. The van der Waals surface area contributed by atoms with E-state index in [1.165, 1.54) is 11.8 Å². The molecule has 0 N–H and O–H groups in total. The van der Waals surface area contributed by atoms with E-state index in [4.69, 9.17) is 0 Å². The molecule has 2 heterocycles. The molecule has 3 aromatic rings. The maximum absolute atomic E-state index is 13.3. The van der Waals surface area contributed by atoms with Crippen molar-refractivity contribution in [2.75, 3.05) is 22.2 Å². The number of para-hydroxylation sites is 2. The molecule has 1 atom stereocenters. The number of hydrogen-bond donors (Lipinski definition) is 0. The van der Waals surface area contributed by atoms with E-state index in [2.05, 4.69) is 15.5 Å². The molecular weight excluding hydrogens is 434 g/mol. The minimum absolute atomic E-state index is 0.0154. The molecule has 0 bridgehead atoms. The summed E-state index contributed by atoms with van der Waals surface area (Å²) in [7, 11) is -3.13. The lowest BCUT2D eigenvalue weighted by Crippen LogP contribution is -2.42. The van der Waals surface area contributed by atoms with E-state index >= 15 is 0 Å². The van der Waals surface area contributed by atoms with Crippen LogP contribution in [-0.2, 0) is 14.6 Å². The molecule has 0 saturated carbocycles. The highest BCUT2D eigenvalue weighted by molar-refractivity contribution is 7.99. The van der Waals surface area contributed by atoms with Gasteiger partial charge in [-0.1, -0.05) is 48.2 Å². The molecule has 2 aromatic carbocycles. The van der Waals surface area contributed by atoms with Crippen LogP contribution in [0.25, 0.3) is 5.69 Å². The summed E-state index contributed by atoms with van der Waals surface area (Å²) in [5, 5.41) is 12.5. The Morgan fingerprint density at radius 2 is 1.84 bits per heavy atom. The van der Waals surface area contributed by atoms with Gasteiger partial charge in [-0.05, 0) is 54.0 Å². The van der Waals surface area contributed by atoms with E-state index in [-0.39, 0.29) is 29.2 Å². The first-order chi connectivity index (χ1) is 14.9. The van der Waals surface area contributed by atoms with Crippen LogP contribution in [0.4, 0.5) is 5.69 Å². The number of aromatic nitrogens is 4. The average molecular weight is 458 g/mol. The van der Waals surface area contributed by atoms with Crippen molar-refractivity contribution >= 4 is 33.2 Å². The first-order valence-corrected chi connectivity index (χ1v) is 12.7. The van der Waals surface area contributed by atoms with E-state index < -0.39 is 9.84 Å². The second-order valence-corrected chi connectivity index (χ2v) is 10.7. The van der Waals surface area contributed by atoms with Crippen LogP contribution in [0, 0.1) is 13.8 Å². The highest BCUT2D eigenvalue weighted by atomic mass is 32.2. The quantitative estimate of drug-likeness (QED) is 0.525. The Balaban J connectivity index is 1.57. The second-order valence-electron chi connectivity index (χ2n) is 7.56. The fourth-order valence-electron chi connectivity index (χ4n) is 3.87. The van der Waals surface area contributed by atoms with Gasteiger partial charge in [-0.2, -0.15) is 4.68 Å². The van der Waals surface area contributed by atoms with Crippen molar-refractivity contribution < 1.29 is 13.2 Å². The number of thioether (sulfide) groups is 1. The van der Waals surface area contributed by atoms with Crippen LogP contribution in [0.1, 0.15) is 17.5 Å². The summed E-state index contributed by atoms with van der Waals surface area (Å²) in [4.78, 5) is 14.9. The fourth-order valence-corrected chi connectivity index (χ4v) is 6.31. The number of anilines is 1. The Hall–Kier alpha value is -2.72. The number of nitrogens with zero attached hydrogens (tertiary/aromatic N) is 5. The molecule has 1 aliphatic heterocycles. The smallest absolute Gasteiger partial charge is 0.237 e. The summed E-state index contributed by atoms with van der Waals surface area (Å²) >= 11 is 1.24. The van der Waals surface area contributed by atoms with Gasteiger partial charge in [0, 0.05) is 5.69 Å². The standard InChI is InChI=1S/C21H23N5O3S2/c1-15-7-6-8-16(2)20(15)26-21(22-23-24-26)30-13-19(27)25(17-9-4-3-5-10-17)18-11-12-31(28,29)14-18/h3-10,18H,11-14H2,1-2H3/t18-/m0/s1. The van der Waals surface area contributed by atoms with E-state index in [9.17, 15) is 13.2 Å². The lowest BCUT2D eigenvalue weighted by Gasteiger charge is -2.28. The maximum Gasteiger partial charge on any atom is 0.237 e. The summed E-state index contributed by atoms with van der Waals surface area (Å²) in [6, 6.07) is 14.8. The van der Waals surface area contributed by atoms with E-state index in [0.717, 1.165) is 16.8 Å². The highest BCUT2D eigenvalue weighted by Gasteiger charge is 2.35. The number of sulfone groups is 1. The molecule has 0 spiro atoms. The molecular formula is C21H23N5O3S2. The summed E-state index contributed by atoms with van der Waals surface area (Å²) in [5.41, 5.74) is 3.65. The largest absolute Gasteiger partial charge is 0.308 e. The molecule has 0 radical (unpaired) electrons. The van der Waals surface area contributed by atoms with Gasteiger partial charge in [0.15, 0.2) is 9.84 Å².